The zero-order valence-electron chi connectivity index (χ0n) is 5.36. The van der Waals surface area contributed by atoms with Crippen LogP contribution in [0.4, 0.5) is 0 Å². The summed E-state index contributed by atoms with van der Waals surface area (Å²) in [5.74, 6) is 2.88. The molecule has 0 amide bonds. The van der Waals surface area contributed by atoms with Crippen LogP contribution >= 0.6 is 0 Å². The molecule has 42 valence electrons. The van der Waals surface area contributed by atoms with Crippen LogP contribution in [0.15, 0.2) is 17.9 Å². The second kappa shape index (κ2) is 3.13. The van der Waals surface area contributed by atoms with Crippen molar-refractivity contribution < 1.29 is 0 Å². The molecule has 0 saturated heterocycles. The van der Waals surface area contributed by atoms with Gasteiger partial charge in [-0.05, 0) is 5.92 Å². The molecule has 0 radical (unpaired) electrons. The Morgan fingerprint density at radius 3 is 2.12 bits per heavy atom. The van der Waals surface area contributed by atoms with Crippen LogP contribution in [0.5, 0.6) is 0 Å². The summed E-state index contributed by atoms with van der Waals surface area (Å²) in [5, 5.41) is 0. The summed E-state index contributed by atoms with van der Waals surface area (Å²) >= 11 is 0. The lowest BCUT2D eigenvalue weighted by Gasteiger charge is -1.96. The van der Waals surface area contributed by atoms with Crippen molar-refractivity contribution in [3.63, 3.8) is 0 Å². The average Bonchev–Trinajstić information content (AvgIpc) is 1.69. The van der Waals surface area contributed by atoms with Gasteiger partial charge in [0.1, 0.15) is 0 Å². The van der Waals surface area contributed by atoms with E-state index in [4.69, 9.17) is 6.42 Å². The Kier molecular flexibility index (Phi) is 2.77. The third-order valence-corrected chi connectivity index (χ3v) is 0.923. The summed E-state index contributed by atoms with van der Waals surface area (Å²) < 4.78 is 0. The Hall–Kier alpha value is -0.920. The summed E-state index contributed by atoms with van der Waals surface area (Å²) in [4.78, 5) is 0. The highest BCUT2D eigenvalue weighted by Gasteiger charge is 1.94. The van der Waals surface area contributed by atoms with Crippen molar-refractivity contribution in [2.45, 2.75) is 13.8 Å². The molecule has 0 bridgehead atoms. The van der Waals surface area contributed by atoms with Crippen LogP contribution in [0, 0.1) is 18.3 Å². The molecule has 0 nitrogen and oxygen atoms in total. The zero-order valence-corrected chi connectivity index (χ0v) is 5.36. The monoisotopic (exact) mass is 106 g/mol. The van der Waals surface area contributed by atoms with Crippen molar-refractivity contribution >= 4 is 0 Å². The maximum atomic E-state index is 5.09. The fourth-order valence-electron chi connectivity index (χ4n) is 0.422. The second-order valence-corrected chi connectivity index (χ2v) is 1.89. The Morgan fingerprint density at radius 2 is 2.12 bits per heavy atom. The molecule has 0 N–H and O–H groups in total. The summed E-state index contributed by atoms with van der Waals surface area (Å²) in [6.45, 7) is 7.49. The molecule has 0 saturated carbocycles. The fraction of sp³-hybridized carbons (Fsp3) is 0.375. The summed E-state index contributed by atoms with van der Waals surface area (Å²) in [6.07, 6.45) is 5.09. The summed E-state index contributed by atoms with van der Waals surface area (Å²) in [7, 11) is 0. The van der Waals surface area contributed by atoms with Gasteiger partial charge in [-0.15, -0.1) is 12.2 Å². The van der Waals surface area contributed by atoms with Crippen molar-refractivity contribution in [3.05, 3.63) is 17.9 Å². The van der Waals surface area contributed by atoms with Gasteiger partial charge in [0, 0.05) is 5.57 Å². The van der Waals surface area contributed by atoms with Gasteiger partial charge in [-0.2, -0.15) is 0 Å². The fourth-order valence-corrected chi connectivity index (χ4v) is 0.422. The molecule has 0 aliphatic carbocycles. The number of terminal acetylenes is 1. The van der Waals surface area contributed by atoms with Gasteiger partial charge in [0.25, 0.3) is 0 Å². The molecule has 0 aromatic heterocycles. The van der Waals surface area contributed by atoms with Crippen LogP contribution in [-0.2, 0) is 0 Å². The first-order chi connectivity index (χ1) is 3.72. The first kappa shape index (κ1) is 7.08. The molecule has 0 heteroatoms. The van der Waals surface area contributed by atoms with Crippen LogP contribution in [0.25, 0.3) is 0 Å². The first-order valence-electron chi connectivity index (χ1n) is 2.59. The van der Waals surface area contributed by atoms with E-state index in [9.17, 15) is 0 Å². The predicted molar refractivity (Wildman–Crippen MR) is 36.3 cm³/mol. The van der Waals surface area contributed by atoms with Gasteiger partial charge < -0.3 is 0 Å². The molecule has 0 aliphatic rings. The van der Waals surface area contributed by atoms with Gasteiger partial charge in [-0.1, -0.05) is 26.3 Å². The summed E-state index contributed by atoms with van der Waals surface area (Å²) in [6, 6.07) is 0. The van der Waals surface area contributed by atoms with Gasteiger partial charge in [0.05, 0.1) is 0 Å². The minimum absolute atomic E-state index is 0.387. The lowest BCUT2D eigenvalue weighted by Crippen LogP contribution is -1.87. The molecule has 0 fully saturated rings. The molecule has 0 heterocycles. The van der Waals surface area contributed by atoms with Crippen molar-refractivity contribution in [3.8, 4) is 12.3 Å². The topological polar surface area (TPSA) is 0 Å². The van der Waals surface area contributed by atoms with E-state index in [-0.39, 0.29) is 0 Å². The van der Waals surface area contributed by atoms with Crippen LogP contribution in [0.3, 0.4) is 0 Å². The average molecular weight is 106 g/mol. The molecule has 0 aromatic carbocycles. The standard InChI is InChI=1S/C8H10/c1-5-8(6-2)7(3)4/h1,7H,2H2,3-4H3. The summed E-state index contributed by atoms with van der Waals surface area (Å²) in [5.41, 5.74) is 3.53. The van der Waals surface area contributed by atoms with Crippen molar-refractivity contribution in [2.24, 2.45) is 5.92 Å². The van der Waals surface area contributed by atoms with Crippen molar-refractivity contribution in [1.82, 2.24) is 0 Å². The molecule has 8 heavy (non-hydrogen) atoms. The van der Waals surface area contributed by atoms with E-state index in [2.05, 4.69) is 18.2 Å². The number of hydrogen-bond donors (Lipinski definition) is 0. The minimum atomic E-state index is 0.387. The molecule has 0 unspecified atom stereocenters. The van der Waals surface area contributed by atoms with E-state index in [1.54, 1.807) is 0 Å². The Morgan fingerprint density at radius 1 is 1.62 bits per heavy atom. The molecular weight excluding hydrogens is 96.1 g/mol. The predicted octanol–water partition coefficient (Wildman–Crippen LogP) is 1.99. The lowest BCUT2D eigenvalue weighted by atomic mass is 10.1. The molecule has 0 atom stereocenters. The second-order valence-electron chi connectivity index (χ2n) is 1.89. The van der Waals surface area contributed by atoms with Crippen molar-refractivity contribution in [2.75, 3.05) is 0 Å². The highest BCUT2D eigenvalue weighted by molar-refractivity contribution is 5.25. The van der Waals surface area contributed by atoms with E-state index in [1.165, 1.54) is 0 Å². The van der Waals surface area contributed by atoms with E-state index in [1.807, 2.05) is 13.8 Å². The normalized spacial score (nSPS) is 7.75. The third-order valence-electron chi connectivity index (χ3n) is 0.923. The molecule has 0 spiro atoms. The lowest BCUT2D eigenvalue weighted by molar-refractivity contribution is 0.801. The van der Waals surface area contributed by atoms with Gasteiger partial charge in [-0.3, -0.25) is 0 Å². The number of rotatable bonds is 1. The Balaban J connectivity index is 4.20. The molecule has 0 aliphatic heterocycles. The highest BCUT2D eigenvalue weighted by Crippen LogP contribution is 2.03. The first-order valence-corrected chi connectivity index (χ1v) is 2.59. The smallest absolute Gasteiger partial charge is 0.0454 e. The Labute approximate surface area is 50.9 Å². The minimum Gasteiger partial charge on any atom is -0.116 e. The van der Waals surface area contributed by atoms with Crippen LogP contribution in [0.1, 0.15) is 13.8 Å². The SMILES string of the molecule is C#CC(=C=C)C(C)C. The van der Waals surface area contributed by atoms with Gasteiger partial charge in [0.2, 0.25) is 0 Å². The van der Waals surface area contributed by atoms with E-state index in [0.717, 1.165) is 5.57 Å². The highest BCUT2D eigenvalue weighted by atomic mass is 14.0. The van der Waals surface area contributed by atoms with Gasteiger partial charge in [0.15, 0.2) is 0 Å². The van der Waals surface area contributed by atoms with Crippen LogP contribution in [0.2, 0.25) is 0 Å². The largest absolute Gasteiger partial charge is 0.116 e. The number of hydrogen-bond acceptors (Lipinski definition) is 0. The van der Waals surface area contributed by atoms with E-state index >= 15 is 0 Å². The quantitative estimate of drug-likeness (QED) is 0.354. The maximum Gasteiger partial charge on any atom is 0.0454 e. The number of allylic oxidation sites excluding steroid dienone is 1. The third kappa shape index (κ3) is 1.69. The molecular formula is C8H10. The van der Waals surface area contributed by atoms with Gasteiger partial charge in [-0.25, -0.2) is 0 Å². The van der Waals surface area contributed by atoms with Gasteiger partial charge >= 0.3 is 0 Å². The maximum absolute atomic E-state index is 5.09. The van der Waals surface area contributed by atoms with Crippen molar-refractivity contribution in [1.29, 1.82) is 0 Å². The zero-order chi connectivity index (χ0) is 6.57. The van der Waals surface area contributed by atoms with E-state index < -0.39 is 0 Å². The van der Waals surface area contributed by atoms with Crippen LogP contribution in [-0.4, -0.2) is 0 Å². The molecule has 0 rings (SSSR count). The van der Waals surface area contributed by atoms with E-state index in [0.29, 0.717) is 5.92 Å². The molecule has 0 aromatic rings. The Bertz CT molecular complexity index is 149. The van der Waals surface area contributed by atoms with Crippen LogP contribution < -0.4 is 0 Å².